The molecule has 0 bridgehead atoms. The predicted octanol–water partition coefficient (Wildman–Crippen LogP) is 3.11. The first-order valence-corrected chi connectivity index (χ1v) is 6.10. The Labute approximate surface area is 98.7 Å². The van der Waals surface area contributed by atoms with Crippen molar-refractivity contribution < 1.29 is 9.47 Å². The van der Waals surface area contributed by atoms with Crippen molar-refractivity contribution in [2.75, 3.05) is 14.2 Å². The summed E-state index contributed by atoms with van der Waals surface area (Å²) in [5.74, 6) is 0.421. The third-order valence-corrected chi connectivity index (χ3v) is 4.01. The molecule has 0 aromatic heterocycles. The van der Waals surface area contributed by atoms with Crippen LogP contribution in [0, 0.1) is 22.7 Å². The Kier molecular flexibility index (Phi) is 5.24. The van der Waals surface area contributed by atoms with Gasteiger partial charge in [-0.05, 0) is 24.7 Å². The van der Waals surface area contributed by atoms with Gasteiger partial charge in [0.05, 0.1) is 6.07 Å². The Morgan fingerprint density at radius 3 is 2.62 bits per heavy atom. The van der Waals surface area contributed by atoms with Crippen LogP contribution in [0.2, 0.25) is 0 Å². The minimum Gasteiger partial charge on any atom is -0.356 e. The highest BCUT2D eigenvalue weighted by atomic mass is 16.7. The van der Waals surface area contributed by atoms with Crippen molar-refractivity contribution in [1.29, 1.82) is 5.26 Å². The number of ether oxygens (including phenoxy) is 2. The number of hydrogen-bond acceptors (Lipinski definition) is 3. The number of rotatable bonds is 5. The van der Waals surface area contributed by atoms with E-state index in [1.54, 1.807) is 14.2 Å². The second-order valence-electron chi connectivity index (χ2n) is 5.00. The van der Waals surface area contributed by atoms with Crippen LogP contribution in [0.4, 0.5) is 0 Å². The molecule has 2 atom stereocenters. The fourth-order valence-corrected chi connectivity index (χ4v) is 2.97. The van der Waals surface area contributed by atoms with Gasteiger partial charge < -0.3 is 9.47 Å². The summed E-state index contributed by atoms with van der Waals surface area (Å²) in [5, 5.41) is 8.74. The first-order chi connectivity index (χ1) is 7.68. The topological polar surface area (TPSA) is 42.2 Å². The van der Waals surface area contributed by atoms with E-state index in [-0.39, 0.29) is 11.7 Å². The monoisotopic (exact) mass is 225 g/mol. The normalized spacial score (nSPS) is 30.3. The Morgan fingerprint density at radius 2 is 2.06 bits per heavy atom. The van der Waals surface area contributed by atoms with Crippen LogP contribution in [0.1, 0.15) is 45.4 Å². The highest BCUT2D eigenvalue weighted by Crippen LogP contribution is 2.46. The van der Waals surface area contributed by atoms with Crippen LogP contribution in [0.5, 0.6) is 0 Å². The fraction of sp³-hybridized carbons (Fsp3) is 0.923. The molecule has 1 aliphatic carbocycles. The molecule has 1 unspecified atom stereocenters. The molecular weight excluding hydrogens is 202 g/mol. The number of nitrogens with zero attached hydrogens (tertiary/aromatic N) is 1. The maximum Gasteiger partial charge on any atom is 0.160 e. The molecule has 3 nitrogen and oxygen atoms in total. The second kappa shape index (κ2) is 6.22. The van der Waals surface area contributed by atoms with Crippen molar-refractivity contribution in [3.8, 4) is 6.07 Å². The zero-order chi connectivity index (χ0) is 12.0. The van der Waals surface area contributed by atoms with E-state index >= 15 is 0 Å². The van der Waals surface area contributed by atoms with Crippen molar-refractivity contribution in [3.05, 3.63) is 0 Å². The molecule has 1 rings (SSSR count). The quantitative estimate of drug-likeness (QED) is 0.675. The van der Waals surface area contributed by atoms with Gasteiger partial charge in [-0.2, -0.15) is 5.26 Å². The molecule has 3 heteroatoms. The Morgan fingerprint density at radius 1 is 1.38 bits per heavy atom. The molecule has 1 saturated carbocycles. The zero-order valence-electron chi connectivity index (χ0n) is 10.7. The lowest BCUT2D eigenvalue weighted by Gasteiger charge is -2.44. The third-order valence-electron chi connectivity index (χ3n) is 4.01. The lowest BCUT2D eigenvalue weighted by atomic mass is 9.65. The molecule has 0 aromatic rings. The van der Waals surface area contributed by atoms with E-state index in [9.17, 15) is 0 Å². The van der Waals surface area contributed by atoms with Crippen LogP contribution in [-0.4, -0.2) is 20.5 Å². The van der Waals surface area contributed by atoms with Gasteiger partial charge in [-0.25, -0.2) is 0 Å². The van der Waals surface area contributed by atoms with Crippen LogP contribution in [0.25, 0.3) is 0 Å². The molecule has 0 radical (unpaired) electrons. The minimum atomic E-state index is -0.121. The largest absolute Gasteiger partial charge is 0.356 e. The maximum absolute atomic E-state index is 8.74. The zero-order valence-corrected chi connectivity index (χ0v) is 10.7. The third kappa shape index (κ3) is 2.96. The van der Waals surface area contributed by atoms with Crippen LogP contribution in [0.3, 0.4) is 0 Å². The Hall–Kier alpha value is -0.590. The molecular formula is C13H23NO2. The average Bonchev–Trinajstić information content (AvgIpc) is 2.31. The summed E-state index contributed by atoms with van der Waals surface area (Å²) in [4.78, 5) is 0. The van der Waals surface area contributed by atoms with E-state index < -0.39 is 0 Å². The van der Waals surface area contributed by atoms with Gasteiger partial charge in [0, 0.05) is 26.6 Å². The molecule has 0 spiro atoms. The van der Waals surface area contributed by atoms with Crippen molar-refractivity contribution in [2.24, 2.45) is 11.3 Å². The predicted molar refractivity (Wildman–Crippen MR) is 62.7 cm³/mol. The summed E-state index contributed by atoms with van der Waals surface area (Å²) >= 11 is 0. The summed E-state index contributed by atoms with van der Waals surface area (Å²) in [6.07, 6.45) is 6.31. The standard InChI is InChI=1S/C13H23NO2/c1-13(9-6-10-14)8-5-4-7-11(13)12(15-2)16-3/h11-12H,4-9H2,1-3H3/t11?,13-/m1/s1. The van der Waals surface area contributed by atoms with Crippen molar-refractivity contribution in [2.45, 2.75) is 51.7 Å². The van der Waals surface area contributed by atoms with Gasteiger partial charge in [-0.15, -0.1) is 0 Å². The minimum absolute atomic E-state index is 0.121. The molecule has 1 fully saturated rings. The lowest BCUT2D eigenvalue weighted by Crippen LogP contribution is -2.40. The van der Waals surface area contributed by atoms with Crippen LogP contribution in [0.15, 0.2) is 0 Å². The van der Waals surface area contributed by atoms with Crippen molar-refractivity contribution in [1.82, 2.24) is 0 Å². The second-order valence-corrected chi connectivity index (χ2v) is 5.00. The summed E-state index contributed by atoms with van der Waals surface area (Å²) in [7, 11) is 3.40. The van der Waals surface area contributed by atoms with Gasteiger partial charge in [-0.3, -0.25) is 0 Å². The van der Waals surface area contributed by atoms with Crippen LogP contribution >= 0.6 is 0 Å². The van der Waals surface area contributed by atoms with Crippen molar-refractivity contribution in [3.63, 3.8) is 0 Å². The molecule has 0 heterocycles. The Bertz CT molecular complexity index is 245. The van der Waals surface area contributed by atoms with Crippen LogP contribution < -0.4 is 0 Å². The van der Waals surface area contributed by atoms with Crippen LogP contribution in [-0.2, 0) is 9.47 Å². The fourth-order valence-electron chi connectivity index (χ4n) is 2.97. The highest BCUT2D eigenvalue weighted by molar-refractivity contribution is 4.90. The van der Waals surface area contributed by atoms with Gasteiger partial charge in [0.1, 0.15) is 0 Å². The number of nitriles is 1. The van der Waals surface area contributed by atoms with E-state index in [0.717, 1.165) is 12.8 Å². The molecule has 0 N–H and O–H groups in total. The SMILES string of the molecule is COC(OC)C1CCCC[C@]1(C)CCC#N. The summed E-state index contributed by atoms with van der Waals surface area (Å²) in [6.45, 7) is 2.28. The molecule has 16 heavy (non-hydrogen) atoms. The molecule has 0 amide bonds. The summed E-state index contributed by atoms with van der Waals surface area (Å²) < 4.78 is 10.8. The van der Waals surface area contributed by atoms with Gasteiger partial charge >= 0.3 is 0 Å². The van der Waals surface area contributed by atoms with Crippen molar-refractivity contribution >= 4 is 0 Å². The summed E-state index contributed by atoms with van der Waals surface area (Å²) in [5.41, 5.74) is 0.199. The Balaban J connectivity index is 2.72. The van der Waals surface area contributed by atoms with E-state index in [1.165, 1.54) is 19.3 Å². The van der Waals surface area contributed by atoms with Gasteiger partial charge in [-0.1, -0.05) is 19.8 Å². The number of hydrogen-bond donors (Lipinski definition) is 0. The molecule has 1 aliphatic rings. The molecule has 0 aromatic carbocycles. The molecule has 0 aliphatic heterocycles. The van der Waals surface area contributed by atoms with E-state index in [0.29, 0.717) is 12.3 Å². The summed E-state index contributed by atoms with van der Waals surface area (Å²) in [6, 6.07) is 2.25. The number of methoxy groups -OCH3 is 2. The van der Waals surface area contributed by atoms with Gasteiger partial charge in [0.2, 0.25) is 0 Å². The molecule has 92 valence electrons. The molecule has 0 saturated heterocycles. The highest BCUT2D eigenvalue weighted by Gasteiger charge is 2.41. The smallest absolute Gasteiger partial charge is 0.160 e. The average molecular weight is 225 g/mol. The van der Waals surface area contributed by atoms with E-state index in [1.807, 2.05) is 0 Å². The lowest BCUT2D eigenvalue weighted by molar-refractivity contribution is -0.174. The van der Waals surface area contributed by atoms with Gasteiger partial charge in [0.25, 0.3) is 0 Å². The first kappa shape index (κ1) is 13.5. The maximum atomic E-state index is 8.74. The van der Waals surface area contributed by atoms with E-state index in [4.69, 9.17) is 14.7 Å². The first-order valence-electron chi connectivity index (χ1n) is 6.10. The van der Waals surface area contributed by atoms with E-state index in [2.05, 4.69) is 13.0 Å². The van der Waals surface area contributed by atoms with Gasteiger partial charge in [0.15, 0.2) is 6.29 Å².